The fourth-order valence-electron chi connectivity index (χ4n) is 2.02. The smallest absolute Gasteiger partial charge is 0.416 e. The molecule has 4 nitrogen and oxygen atoms in total. The van der Waals surface area contributed by atoms with Crippen LogP contribution in [0.2, 0.25) is 0 Å². The van der Waals surface area contributed by atoms with Crippen LogP contribution in [0.1, 0.15) is 17.5 Å². The molecule has 108 valence electrons. The summed E-state index contributed by atoms with van der Waals surface area (Å²) in [7, 11) is 0. The number of halogens is 3. The average molecular weight is 287 g/mol. The third-order valence-electron chi connectivity index (χ3n) is 3.22. The fourth-order valence-corrected chi connectivity index (χ4v) is 2.02. The van der Waals surface area contributed by atoms with Crippen molar-refractivity contribution in [3.8, 4) is 0 Å². The highest BCUT2D eigenvalue weighted by atomic mass is 19.4. The molecule has 0 saturated heterocycles. The minimum absolute atomic E-state index is 0.0409. The van der Waals surface area contributed by atoms with Crippen molar-refractivity contribution >= 4 is 11.9 Å². The van der Waals surface area contributed by atoms with Crippen LogP contribution in [0.15, 0.2) is 24.3 Å². The summed E-state index contributed by atoms with van der Waals surface area (Å²) in [5.74, 6) is -2.92. The largest absolute Gasteiger partial charge is 0.481 e. The van der Waals surface area contributed by atoms with E-state index < -0.39 is 35.5 Å². The number of benzene rings is 1. The molecule has 1 amide bonds. The molecule has 0 bridgehead atoms. The van der Waals surface area contributed by atoms with Crippen LogP contribution < -0.4 is 5.32 Å². The Morgan fingerprint density at radius 1 is 1.25 bits per heavy atom. The first-order valence-corrected chi connectivity index (χ1v) is 5.96. The zero-order valence-corrected chi connectivity index (χ0v) is 10.3. The number of alkyl halides is 3. The van der Waals surface area contributed by atoms with Gasteiger partial charge in [-0.05, 0) is 18.1 Å². The van der Waals surface area contributed by atoms with Crippen LogP contribution in [0.4, 0.5) is 13.2 Å². The van der Waals surface area contributed by atoms with Gasteiger partial charge in [-0.15, -0.1) is 0 Å². The molecule has 2 unspecified atom stereocenters. The topological polar surface area (TPSA) is 66.4 Å². The van der Waals surface area contributed by atoms with Crippen molar-refractivity contribution in [1.29, 1.82) is 0 Å². The second-order valence-corrected chi connectivity index (χ2v) is 4.66. The van der Waals surface area contributed by atoms with E-state index in [1.807, 2.05) is 0 Å². The Hall–Kier alpha value is -2.05. The number of hydrogen-bond acceptors (Lipinski definition) is 2. The van der Waals surface area contributed by atoms with Gasteiger partial charge in [0.15, 0.2) is 0 Å². The highest BCUT2D eigenvalue weighted by Crippen LogP contribution is 2.39. The third kappa shape index (κ3) is 3.09. The maximum atomic E-state index is 12.7. The molecule has 20 heavy (non-hydrogen) atoms. The van der Waals surface area contributed by atoms with Crippen molar-refractivity contribution in [3.05, 3.63) is 35.4 Å². The standard InChI is InChI=1S/C13H12F3NO3/c14-13(15,16)10-4-2-1-3-7(10)6-17-11(18)8-5-9(8)12(19)20/h1-4,8-9H,5-6H2,(H,17,18)(H,19,20). The number of carboxylic acids is 1. The molecule has 1 aromatic carbocycles. The number of rotatable bonds is 4. The minimum atomic E-state index is -4.48. The first-order valence-electron chi connectivity index (χ1n) is 5.96. The summed E-state index contributed by atoms with van der Waals surface area (Å²) >= 11 is 0. The van der Waals surface area contributed by atoms with Gasteiger partial charge in [0, 0.05) is 6.54 Å². The molecule has 2 atom stereocenters. The van der Waals surface area contributed by atoms with Crippen LogP contribution in [-0.4, -0.2) is 17.0 Å². The van der Waals surface area contributed by atoms with Gasteiger partial charge in [-0.25, -0.2) is 0 Å². The highest BCUT2D eigenvalue weighted by Gasteiger charge is 2.48. The van der Waals surface area contributed by atoms with Crippen molar-refractivity contribution in [1.82, 2.24) is 5.32 Å². The Kier molecular flexibility index (Phi) is 3.69. The van der Waals surface area contributed by atoms with Crippen LogP contribution in [0.3, 0.4) is 0 Å². The zero-order chi connectivity index (χ0) is 14.9. The Balaban J connectivity index is 1.99. The van der Waals surface area contributed by atoms with E-state index in [2.05, 4.69) is 5.32 Å². The van der Waals surface area contributed by atoms with Crippen molar-refractivity contribution in [2.45, 2.75) is 19.1 Å². The molecule has 1 aliphatic rings. The van der Waals surface area contributed by atoms with Crippen LogP contribution in [0.25, 0.3) is 0 Å². The summed E-state index contributed by atoms with van der Waals surface area (Å²) in [4.78, 5) is 22.2. The van der Waals surface area contributed by atoms with Crippen molar-refractivity contribution in [2.75, 3.05) is 0 Å². The molecule has 1 aliphatic carbocycles. The first kappa shape index (κ1) is 14.4. The normalized spacial score (nSPS) is 21.4. The van der Waals surface area contributed by atoms with Gasteiger partial charge in [0.1, 0.15) is 0 Å². The van der Waals surface area contributed by atoms with Gasteiger partial charge in [-0.2, -0.15) is 13.2 Å². The lowest BCUT2D eigenvalue weighted by Crippen LogP contribution is -2.27. The Bertz CT molecular complexity index is 542. The quantitative estimate of drug-likeness (QED) is 0.890. The second-order valence-electron chi connectivity index (χ2n) is 4.66. The van der Waals surface area contributed by atoms with Crippen molar-refractivity contribution < 1.29 is 27.9 Å². The molecule has 2 N–H and O–H groups in total. The van der Waals surface area contributed by atoms with Gasteiger partial charge in [-0.3, -0.25) is 9.59 Å². The monoisotopic (exact) mass is 287 g/mol. The van der Waals surface area contributed by atoms with E-state index in [4.69, 9.17) is 5.11 Å². The predicted octanol–water partition coefficient (Wildman–Crippen LogP) is 2.04. The minimum Gasteiger partial charge on any atom is -0.481 e. The second kappa shape index (κ2) is 5.15. The summed E-state index contributed by atoms with van der Waals surface area (Å²) < 4.78 is 38.2. The van der Waals surface area contributed by atoms with Gasteiger partial charge in [0.25, 0.3) is 0 Å². The number of nitrogens with one attached hydrogen (secondary N) is 1. The van der Waals surface area contributed by atoms with E-state index in [1.54, 1.807) is 0 Å². The molecular weight excluding hydrogens is 275 g/mol. The Morgan fingerprint density at radius 2 is 1.90 bits per heavy atom. The summed E-state index contributed by atoms with van der Waals surface area (Å²) in [5, 5.41) is 11.0. The SMILES string of the molecule is O=C(O)C1CC1C(=O)NCc1ccccc1C(F)(F)F. The fraction of sp³-hybridized carbons (Fsp3) is 0.385. The lowest BCUT2D eigenvalue weighted by molar-refractivity contribution is -0.140. The van der Waals surface area contributed by atoms with Crippen molar-refractivity contribution in [3.63, 3.8) is 0 Å². The first-order chi connectivity index (χ1) is 9.30. The summed E-state index contributed by atoms with van der Waals surface area (Å²) in [6.07, 6.45) is -4.24. The molecular formula is C13H12F3NO3. The number of hydrogen-bond donors (Lipinski definition) is 2. The zero-order valence-electron chi connectivity index (χ0n) is 10.3. The summed E-state index contributed by atoms with van der Waals surface area (Å²) in [5.41, 5.74) is -0.841. The molecule has 1 fully saturated rings. The lowest BCUT2D eigenvalue weighted by atomic mass is 10.1. The van der Waals surface area contributed by atoms with Gasteiger partial charge in [0.05, 0.1) is 17.4 Å². The molecule has 7 heteroatoms. The molecule has 1 aromatic rings. The van der Waals surface area contributed by atoms with Gasteiger partial charge < -0.3 is 10.4 Å². The summed E-state index contributed by atoms with van der Waals surface area (Å²) in [6, 6.07) is 4.95. The number of aliphatic carboxylic acids is 1. The molecule has 0 aromatic heterocycles. The lowest BCUT2D eigenvalue weighted by Gasteiger charge is -2.13. The van der Waals surface area contributed by atoms with E-state index in [0.29, 0.717) is 0 Å². The Labute approximate surface area is 112 Å². The molecule has 1 saturated carbocycles. The maximum Gasteiger partial charge on any atom is 0.416 e. The predicted molar refractivity (Wildman–Crippen MR) is 62.5 cm³/mol. The van der Waals surface area contributed by atoms with Crippen LogP contribution in [-0.2, 0) is 22.3 Å². The number of carbonyl (C=O) groups is 2. The van der Waals surface area contributed by atoms with Gasteiger partial charge in [0.2, 0.25) is 5.91 Å². The van der Waals surface area contributed by atoms with Crippen LogP contribution >= 0.6 is 0 Å². The van der Waals surface area contributed by atoms with E-state index in [9.17, 15) is 22.8 Å². The third-order valence-corrected chi connectivity index (χ3v) is 3.22. The summed E-state index contributed by atoms with van der Waals surface area (Å²) in [6.45, 7) is -0.267. The van der Waals surface area contributed by atoms with Crippen molar-refractivity contribution in [2.24, 2.45) is 11.8 Å². The van der Waals surface area contributed by atoms with E-state index >= 15 is 0 Å². The number of amides is 1. The average Bonchev–Trinajstić information content (AvgIpc) is 3.15. The van der Waals surface area contributed by atoms with Crippen LogP contribution in [0.5, 0.6) is 0 Å². The highest BCUT2D eigenvalue weighted by molar-refractivity contribution is 5.89. The maximum absolute atomic E-state index is 12.7. The van der Waals surface area contributed by atoms with E-state index in [-0.39, 0.29) is 18.5 Å². The molecule has 0 heterocycles. The number of carbonyl (C=O) groups excluding carboxylic acids is 1. The van der Waals surface area contributed by atoms with Gasteiger partial charge in [-0.1, -0.05) is 18.2 Å². The molecule has 2 rings (SSSR count). The molecule has 0 spiro atoms. The van der Waals surface area contributed by atoms with Gasteiger partial charge >= 0.3 is 12.1 Å². The van der Waals surface area contributed by atoms with E-state index in [0.717, 1.165) is 6.07 Å². The Morgan fingerprint density at radius 3 is 2.45 bits per heavy atom. The van der Waals surface area contributed by atoms with Crippen LogP contribution in [0, 0.1) is 11.8 Å². The molecule has 0 radical (unpaired) electrons. The van der Waals surface area contributed by atoms with E-state index in [1.165, 1.54) is 18.2 Å². The number of carboxylic acid groups (broad SMARTS) is 1. The molecule has 0 aliphatic heterocycles.